The van der Waals surface area contributed by atoms with E-state index in [4.69, 9.17) is 9.15 Å². The van der Waals surface area contributed by atoms with Crippen molar-refractivity contribution in [1.82, 2.24) is 4.90 Å². The fraction of sp³-hybridized carbons (Fsp3) is 0.333. The molecule has 1 unspecified atom stereocenters. The Bertz CT molecular complexity index is 1060. The quantitative estimate of drug-likeness (QED) is 0.671. The number of benzene rings is 2. The van der Waals surface area contributed by atoms with E-state index in [0.29, 0.717) is 31.0 Å². The van der Waals surface area contributed by atoms with Crippen molar-refractivity contribution in [2.45, 2.75) is 26.7 Å². The first kappa shape index (κ1) is 20.0. The van der Waals surface area contributed by atoms with Gasteiger partial charge in [-0.25, -0.2) is 0 Å². The highest BCUT2D eigenvalue weighted by atomic mass is 16.5. The van der Waals surface area contributed by atoms with Gasteiger partial charge in [-0.05, 0) is 57.0 Å². The van der Waals surface area contributed by atoms with Gasteiger partial charge in [-0.1, -0.05) is 18.2 Å². The summed E-state index contributed by atoms with van der Waals surface area (Å²) in [7, 11) is 0. The number of hydrogen-bond donors (Lipinski definition) is 1. The van der Waals surface area contributed by atoms with E-state index in [1.54, 1.807) is 4.90 Å². The molecule has 4 rings (SSSR count). The number of rotatable bonds is 5. The van der Waals surface area contributed by atoms with Gasteiger partial charge in [0.05, 0.1) is 12.5 Å². The van der Waals surface area contributed by atoms with E-state index in [9.17, 15) is 9.59 Å². The van der Waals surface area contributed by atoms with Crippen LogP contribution in [0.3, 0.4) is 0 Å². The summed E-state index contributed by atoms with van der Waals surface area (Å²) in [6, 6.07) is 15.0. The number of furan rings is 1. The van der Waals surface area contributed by atoms with Crippen molar-refractivity contribution in [3.8, 4) is 5.75 Å². The smallest absolute Gasteiger partial charge is 0.289 e. The number of piperidine rings is 1. The molecule has 1 aliphatic rings. The zero-order valence-electron chi connectivity index (χ0n) is 17.3. The highest BCUT2D eigenvalue weighted by molar-refractivity contribution is 6.00. The first-order chi connectivity index (χ1) is 14.6. The van der Waals surface area contributed by atoms with Crippen LogP contribution in [0.4, 0.5) is 5.69 Å². The van der Waals surface area contributed by atoms with Crippen LogP contribution in [0.25, 0.3) is 11.0 Å². The van der Waals surface area contributed by atoms with Crippen molar-refractivity contribution in [1.29, 1.82) is 0 Å². The zero-order valence-corrected chi connectivity index (χ0v) is 17.3. The number of nitrogens with zero attached hydrogens (tertiary/aromatic N) is 1. The minimum absolute atomic E-state index is 0.0543. The maximum absolute atomic E-state index is 13.2. The summed E-state index contributed by atoms with van der Waals surface area (Å²) in [5, 5.41) is 3.82. The molecule has 1 saturated heterocycles. The van der Waals surface area contributed by atoms with Crippen molar-refractivity contribution < 1.29 is 18.7 Å². The lowest BCUT2D eigenvalue weighted by Crippen LogP contribution is -2.43. The fourth-order valence-electron chi connectivity index (χ4n) is 3.95. The van der Waals surface area contributed by atoms with Crippen LogP contribution < -0.4 is 10.1 Å². The van der Waals surface area contributed by atoms with E-state index < -0.39 is 0 Å². The molecule has 2 heterocycles. The minimum atomic E-state index is -0.239. The molecule has 1 atom stereocenters. The number of fused-ring (bicyclic) bond motifs is 1. The molecule has 6 heteroatoms. The van der Waals surface area contributed by atoms with Gasteiger partial charge in [0.15, 0.2) is 5.76 Å². The third kappa shape index (κ3) is 4.03. The lowest BCUT2D eigenvalue weighted by molar-refractivity contribution is -0.121. The van der Waals surface area contributed by atoms with Crippen LogP contribution in [0.15, 0.2) is 52.9 Å². The Labute approximate surface area is 175 Å². The summed E-state index contributed by atoms with van der Waals surface area (Å²) in [5.41, 5.74) is 2.23. The minimum Gasteiger partial charge on any atom is -0.494 e. The van der Waals surface area contributed by atoms with E-state index in [1.807, 2.05) is 62.4 Å². The Kier molecular flexibility index (Phi) is 5.74. The molecule has 0 saturated carbocycles. The second kappa shape index (κ2) is 8.61. The molecule has 0 radical (unpaired) electrons. The van der Waals surface area contributed by atoms with E-state index >= 15 is 0 Å². The van der Waals surface area contributed by atoms with E-state index in [0.717, 1.165) is 35.2 Å². The number of aryl methyl sites for hydroxylation is 1. The Morgan fingerprint density at radius 1 is 1.20 bits per heavy atom. The van der Waals surface area contributed by atoms with Gasteiger partial charge in [0.1, 0.15) is 11.3 Å². The number of anilines is 1. The van der Waals surface area contributed by atoms with Crippen LogP contribution in [0, 0.1) is 12.8 Å². The molecular weight excluding hydrogens is 380 g/mol. The number of hydrogen-bond acceptors (Lipinski definition) is 4. The van der Waals surface area contributed by atoms with Gasteiger partial charge in [0.25, 0.3) is 5.91 Å². The highest BCUT2D eigenvalue weighted by Crippen LogP contribution is 2.30. The Hall–Kier alpha value is -3.28. The van der Waals surface area contributed by atoms with E-state index in [-0.39, 0.29) is 17.7 Å². The molecule has 2 amide bonds. The predicted octanol–water partition coefficient (Wildman–Crippen LogP) is 4.63. The number of ether oxygens (including phenoxy) is 1. The fourth-order valence-corrected chi connectivity index (χ4v) is 3.95. The molecule has 1 fully saturated rings. The number of para-hydroxylation sites is 1. The monoisotopic (exact) mass is 406 g/mol. The standard InChI is InChI=1S/C24H26N2O4/c1-3-29-19-11-12-21-20(14-19)16(2)22(30-21)24(28)26-13-7-8-17(15-26)23(27)25-18-9-5-4-6-10-18/h4-6,9-12,14,17H,3,7-8,13,15H2,1-2H3,(H,25,27). The van der Waals surface area contributed by atoms with Crippen LogP contribution in [-0.2, 0) is 4.79 Å². The largest absolute Gasteiger partial charge is 0.494 e. The average molecular weight is 406 g/mol. The lowest BCUT2D eigenvalue weighted by atomic mass is 9.96. The van der Waals surface area contributed by atoms with Crippen LogP contribution >= 0.6 is 0 Å². The third-order valence-electron chi connectivity index (χ3n) is 5.53. The summed E-state index contributed by atoms with van der Waals surface area (Å²) < 4.78 is 11.5. The van der Waals surface area contributed by atoms with Crippen molar-refractivity contribution in [3.05, 3.63) is 59.9 Å². The van der Waals surface area contributed by atoms with Gasteiger partial charge in [-0.2, -0.15) is 0 Å². The predicted molar refractivity (Wildman–Crippen MR) is 116 cm³/mol. The molecule has 6 nitrogen and oxygen atoms in total. The summed E-state index contributed by atoms with van der Waals surface area (Å²) in [4.78, 5) is 27.6. The van der Waals surface area contributed by atoms with Crippen LogP contribution in [-0.4, -0.2) is 36.4 Å². The molecule has 30 heavy (non-hydrogen) atoms. The van der Waals surface area contributed by atoms with Gasteiger partial charge in [0, 0.05) is 29.7 Å². The molecular formula is C24H26N2O4. The average Bonchev–Trinajstić information content (AvgIpc) is 3.10. The molecule has 0 bridgehead atoms. The van der Waals surface area contributed by atoms with Crippen molar-refractivity contribution in [2.24, 2.45) is 5.92 Å². The highest BCUT2D eigenvalue weighted by Gasteiger charge is 2.31. The molecule has 1 aliphatic heterocycles. The van der Waals surface area contributed by atoms with Gasteiger partial charge in [-0.15, -0.1) is 0 Å². The lowest BCUT2D eigenvalue weighted by Gasteiger charge is -2.31. The van der Waals surface area contributed by atoms with E-state index in [1.165, 1.54) is 0 Å². The molecule has 3 aromatic rings. The van der Waals surface area contributed by atoms with Crippen molar-refractivity contribution >= 4 is 28.5 Å². The summed E-state index contributed by atoms with van der Waals surface area (Å²) >= 11 is 0. The molecule has 0 aliphatic carbocycles. The number of amides is 2. The van der Waals surface area contributed by atoms with Crippen LogP contribution in [0.2, 0.25) is 0 Å². The Balaban J connectivity index is 1.50. The zero-order chi connectivity index (χ0) is 21.1. The first-order valence-electron chi connectivity index (χ1n) is 10.4. The SMILES string of the molecule is CCOc1ccc2oc(C(=O)N3CCCC(C(=O)Nc4ccccc4)C3)c(C)c2c1. The number of carbonyl (C=O) groups excluding carboxylic acids is 2. The molecule has 1 aromatic heterocycles. The van der Waals surface area contributed by atoms with Gasteiger partial charge in [0.2, 0.25) is 5.91 Å². The Morgan fingerprint density at radius 3 is 2.77 bits per heavy atom. The maximum atomic E-state index is 13.2. The van der Waals surface area contributed by atoms with Crippen LogP contribution in [0.1, 0.15) is 35.9 Å². The third-order valence-corrected chi connectivity index (χ3v) is 5.53. The van der Waals surface area contributed by atoms with Crippen molar-refractivity contribution in [3.63, 3.8) is 0 Å². The first-order valence-corrected chi connectivity index (χ1v) is 10.4. The van der Waals surface area contributed by atoms with Gasteiger partial charge >= 0.3 is 0 Å². The second-order valence-corrected chi connectivity index (χ2v) is 7.59. The topological polar surface area (TPSA) is 71.8 Å². The van der Waals surface area contributed by atoms with Crippen molar-refractivity contribution in [2.75, 3.05) is 25.0 Å². The van der Waals surface area contributed by atoms with Gasteiger partial charge in [-0.3, -0.25) is 9.59 Å². The molecule has 2 aromatic carbocycles. The normalized spacial score (nSPS) is 16.5. The number of nitrogens with one attached hydrogen (secondary N) is 1. The second-order valence-electron chi connectivity index (χ2n) is 7.59. The molecule has 156 valence electrons. The Morgan fingerprint density at radius 2 is 2.00 bits per heavy atom. The number of likely N-dealkylation sites (tertiary alicyclic amines) is 1. The molecule has 0 spiro atoms. The van der Waals surface area contributed by atoms with Crippen LogP contribution in [0.5, 0.6) is 5.75 Å². The maximum Gasteiger partial charge on any atom is 0.289 e. The molecule has 1 N–H and O–H groups in total. The van der Waals surface area contributed by atoms with E-state index in [2.05, 4.69) is 5.32 Å². The number of carbonyl (C=O) groups is 2. The van der Waals surface area contributed by atoms with Gasteiger partial charge < -0.3 is 19.4 Å². The summed E-state index contributed by atoms with van der Waals surface area (Å²) in [6.07, 6.45) is 1.55. The summed E-state index contributed by atoms with van der Waals surface area (Å²) in [5.74, 6) is 0.628. The summed E-state index contributed by atoms with van der Waals surface area (Å²) in [6.45, 7) is 5.40.